The van der Waals surface area contributed by atoms with E-state index in [2.05, 4.69) is 50.6 Å². The fourth-order valence-electron chi connectivity index (χ4n) is 2.46. The summed E-state index contributed by atoms with van der Waals surface area (Å²) in [5.74, 6) is 0. The molecule has 2 rings (SSSR count). The van der Waals surface area contributed by atoms with Gasteiger partial charge in [0.15, 0.2) is 0 Å². The molecule has 7 heteroatoms. The molecule has 0 bridgehead atoms. The van der Waals surface area contributed by atoms with Crippen LogP contribution in [-0.2, 0) is 10.0 Å². The maximum atomic E-state index is 12.8. The first-order valence-corrected chi connectivity index (χ1v) is 9.58. The maximum absolute atomic E-state index is 12.8. The van der Waals surface area contributed by atoms with Crippen molar-refractivity contribution in [1.29, 1.82) is 0 Å². The van der Waals surface area contributed by atoms with Crippen molar-refractivity contribution >= 4 is 41.9 Å². The van der Waals surface area contributed by atoms with Gasteiger partial charge in [0, 0.05) is 34.6 Å². The highest BCUT2D eigenvalue weighted by molar-refractivity contribution is 9.11. The van der Waals surface area contributed by atoms with Crippen molar-refractivity contribution in [3.05, 3.63) is 27.1 Å². The van der Waals surface area contributed by atoms with Crippen molar-refractivity contribution in [2.45, 2.75) is 24.8 Å². The van der Waals surface area contributed by atoms with Gasteiger partial charge in [0.2, 0.25) is 10.0 Å². The smallest absolute Gasteiger partial charge is 0.244 e. The lowest BCUT2D eigenvalue weighted by molar-refractivity contribution is 0.135. The summed E-state index contributed by atoms with van der Waals surface area (Å²) in [7, 11) is -3.45. The molecule has 1 aromatic carbocycles. The topological polar surface area (TPSA) is 40.6 Å². The lowest BCUT2D eigenvalue weighted by Gasteiger charge is -2.38. The molecule has 1 saturated heterocycles. The SMILES string of the molecule is CCN1CCN(S(=O)(=O)c2cc(Br)ccc2Br)CC1C. The molecule has 0 N–H and O–H groups in total. The van der Waals surface area contributed by atoms with Crippen LogP contribution in [0.5, 0.6) is 0 Å². The highest BCUT2D eigenvalue weighted by atomic mass is 79.9. The van der Waals surface area contributed by atoms with Crippen molar-refractivity contribution in [2.24, 2.45) is 0 Å². The Morgan fingerprint density at radius 3 is 2.60 bits per heavy atom. The summed E-state index contributed by atoms with van der Waals surface area (Å²) in [5, 5.41) is 0. The quantitative estimate of drug-likeness (QED) is 0.747. The van der Waals surface area contributed by atoms with Gasteiger partial charge in [0.25, 0.3) is 0 Å². The molecule has 0 saturated carbocycles. The van der Waals surface area contributed by atoms with Crippen LogP contribution in [0.25, 0.3) is 0 Å². The van der Waals surface area contributed by atoms with Crippen molar-refractivity contribution < 1.29 is 8.42 Å². The Morgan fingerprint density at radius 2 is 2.00 bits per heavy atom. The van der Waals surface area contributed by atoms with Gasteiger partial charge in [-0.15, -0.1) is 0 Å². The van der Waals surface area contributed by atoms with E-state index in [9.17, 15) is 8.42 Å². The zero-order valence-electron chi connectivity index (χ0n) is 11.5. The van der Waals surface area contributed by atoms with Crippen LogP contribution in [0.4, 0.5) is 0 Å². The van der Waals surface area contributed by atoms with Crippen LogP contribution >= 0.6 is 31.9 Å². The Hall–Kier alpha value is 0.0500. The Labute approximate surface area is 137 Å². The number of rotatable bonds is 3. The highest BCUT2D eigenvalue weighted by Crippen LogP contribution is 2.29. The average Bonchev–Trinajstić information content (AvgIpc) is 2.41. The minimum atomic E-state index is -3.45. The van der Waals surface area contributed by atoms with Crippen LogP contribution in [0, 0.1) is 0 Å². The van der Waals surface area contributed by atoms with E-state index in [0.717, 1.165) is 17.6 Å². The predicted molar refractivity (Wildman–Crippen MR) is 87.3 cm³/mol. The molecule has 1 fully saturated rings. The summed E-state index contributed by atoms with van der Waals surface area (Å²) in [6.07, 6.45) is 0. The minimum Gasteiger partial charge on any atom is -0.298 e. The van der Waals surface area contributed by atoms with E-state index in [1.807, 2.05) is 6.07 Å². The summed E-state index contributed by atoms with van der Waals surface area (Å²) in [5.41, 5.74) is 0. The van der Waals surface area contributed by atoms with Gasteiger partial charge in [-0.1, -0.05) is 22.9 Å². The predicted octanol–water partition coefficient (Wildman–Crippen LogP) is 2.93. The first-order chi connectivity index (χ1) is 9.36. The van der Waals surface area contributed by atoms with Gasteiger partial charge >= 0.3 is 0 Å². The highest BCUT2D eigenvalue weighted by Gasteiger charge is 2.32. The van der Waals surface area contributed by atoms with Crippen molar-refractivity contribution in [3.8, 4) is 0 Å². The van der Waals surface area contributed by atoms with Crippen LogP contribution in [0.15, 0.2) is 32.0 Å². The van der Waals surface area contributed by atoms with E-state index in [4.69, 9.17) is 0 Å². The van der Waals surface area contributed by atoms with E-state index in [-0.39, 0.29) is 6.04 Å². The standard InChI is InChI=1S/C13H18Br2N2O2S/c1-3-16-6-7-17(9-10(16)2)20(18,19)13-8-11(14)4-5-12(13)15/h4-5,8,10H,3,6-7,9H2,1-2H3. The molecular weight excluding hydrogens is 408 g/mol. The summed E-state index contributed by atoms with van der Waals surface area (Å²) >= 11 is 6.67. The molecule has 20 heavy (non-hydrogen) atoms. The van der Waals surface area contributed by atoms with E-state index in [0.29, 0.717) is 22.5 Å². The fourth-order valence-corrected chi connectivity index (χ4v) is 5.44. The molecule has 1 unspecified atom stereocenters. The second kappa shape index (κ2) is 6.44. The van der Waals surface area contributed by atoms with Gasteiger partial charge in [0.1, 0.15) is 0 Å². The molecule has 0 amide bonds. The molecule has 1 aliphatic heterocycles. The molecule has 0 aromatic heterocycles. The van der Waals surface area contributed by atoms with Crippen LogP contribution < -0.4 is 0 Å². The van der Waals surface area contributed by atoms with E-state index >= 15 is 0 Å². The molecule has 4 nitrogen and oxygen atoms in total. The minimum absolute atomic E-state index is 0.245. The van der Waals surface area contributed by atoms with Gasteiger partial charge < -0.3 is 0 Å². The zero-order valence-corrected chi connectivity index (χ0v) is 15.5. The van der Waals surface area contributed by atoms with Crippen LogP contribution in [-0.4, -0.2) is 49.8 Å². The van der Waals surface area contributed by atoms with Gasteiger partial charge in [-0.3, -0.25) is 4.90 Å². The molecule has 1 heterocycles. The normalized spacial score (nSPS) is 22.1. The van der Waals surface area contributed by atoms with Crippen LogP contribution in [0.2, 0.25) is 0 Å². The lowest BCUT2D eigenvalue weighted by Crippen LogP contribution is -2.53. The molecule has 112 valence electrons. The molecule has 0 radical (unpaired) electrons. The monoisotopic (exact) mass is 424 g/mol. The molecule has 1 aromatic rings. The first-order valence-electron chi connectivity index (χ1n) is 6.55. The Kier molecular flexibility index (Phi) is 5.29. The second-order valence-electron chi connectivity index (χ2n) is 4.92. The van der Waals surface area contributed by atoms with Crippen molar-refractivity contribution in [1.82, 2.24) is 9.21 Å². The van der Waals surface area contributed by atoms with Crippen LogP contribution in [0.1, 0.15) is 13.8 Å². The zero-order chi connectivity index (χ0) is 14.9. The van der Waals surface area contributed by atoms with Crippen LogP contribution in [0.3, 0.4) is 0 Å². The molecular formula is C13H18Br2N2O2S. The molecule has 0 spiro atoms. The van der Waals surface area contributed by atoms with E-state index in [1.165, 1.54) is 0 Å². The van der Waals surface area contributed by atoms with Gasteiger partial charge in [-0.05, 0) is 47.6 Å². The maximum Gasteiger partial charge on any atom is 0.244 e. The Balaban J connectivity index is 2.30. The largest absolute Gasteiger partial charge is 0.298 e. The van der Waals surface area contributed by atoms with E-state index < -0.39 is 10.0 Å². The number of hydrogen-bond acceptors (Lipinski definition) is 3. The summed E-state index contributed by atoms with van der Waals surface area (Å²) < 4.78 is 28.5. The lowest BCUT2D eigenvalue weighted by atomic mass is 10.2. The third kappa shape index (κ3) is 3.27. The molecule has 1 atom stereocenters. The number of hydrogen-bond donors (Lipinski definition) is 0. The van der Waals surface area contributed by atoms with E-state index in [1.54, 1.807) is 16.4 Å². The second-order valence-corrected chi connectivity index (χ2v) is 8.59. The molecule has 1 aliphatic rings. The number of halogens is 2. The molecule has 0 aliphatic carbocycles. The summed E-state index contributed by atoms with van der Waals surface area (Å²) in [6, 6.07) is 5.47. The average molecular weight is 426 g/mol. The number of likely N-dealkylation sites (N-methyl/N-ethyl adjacent to an activating group) is 1. The van der Waals surface area contributed by atoms with Gasteiger partial charge in [0.05, 0.1) is 4.90 Å². The third-order valence-corrected chi connectivity index (χ3v) is 7.00. The van der Waals surface area contributed by atoms with Crippen molar-refractivity contribution in [3.63, 3.8) is 0 Å². The third-order valence-electron chi connectivity index (χ3n) is 3.65. The first kappa shape index (κ1) is 16.4. The number of nitrogens with zero attached hydrogens (tertiary/aromatic N) is 2. The number of piperazine rings is 1. The Bertz CT molecular complexity index is 592. The van der Waals surface area contributed by atoms with Gasteiger partial charge in [-0.25, -0.2) is 8.42 Å². The summed E-state index contributed by atoms with van der Waals surface area (Å²) in [4.78, 5) is 2.62. The fraction of sp³-hybridized carbons (Fsp3) is 0.538. The number of sulfonamides is 1. The Morgan fingerprint density at radius 1 is 1.30 bits per heavy atom. The summed E-state index contributed by atoms with van der Waals surface area (Å²) in [6.45, 7) is 6.99. The van der Waals surface area contributed by atoms with Crippen molar-refractivity contribution in [2.75, 3.05) is 26.2 Å². The number of benzene rings is 1. The van der Waals surface area contributed by atoms with Gasteiger partial charge in [-0.2, -0.15) is 4.31 Å².